The number of benzene rings is 2. The van der Waals surface area contributed by atoms with Crippen LogP contribution in [0.5, 0.6) is 0 Å². The highest BCUT2D eigenvalue weighted by molar-refractivity contribution is 7.97. The van der Waals surface area contributed by atoms with Crippen LogP contribution in [0.2, 0.25) is 0 Å². The van der Waals surface area contributed by atoms with Gasteiger partial charge in [-0.3, -0.25) is 24.7 Å². The van der Waals surface area contributed by atoms with E-state index in [1.165, 1.54) is 11.9 Å². The van der Waals surface area contributed by atoms with E-state index in [0.717, 1.165) is 23.4 Å². The van der Waals surface area contributed by atoms with Crippen LogP contribution in [-0.2, 0) is 16.0 Å². The van der Waals surface area contributed by atoms with Crippen molar-refractivity contribution >= 4 is 35.7 Å². The fraction of sp³-hybridized carbons (Fsp3) is 0.304. The highest BCUT2D eigenvalue weighted by Crippen LogP contribution is 2.14. The van der Waals surface area contributed by atoms with Crippen LogP contribution in [0.15, 0.2) is 64.5 Å². The summed E-state index contributed by atoms with van der Waals surface area (Å²) in [6.45, 7) is 1.45. The molecule has 0 bridgehead atoms. The Labute approximate surface area is 196 Å². The maximum Gasteiger partial charge on any atom is 0.323 e. The monoisotopic (exact) mass is 469 g/mol. The summed E-state index contributed by atoms with van der Waals surface area (Å²) in [5, 5.41) is 17.9. The van der Waals surface area contributed by atoms with E-state index < -0.39 is 12.0 Å². The smallest absolute Gasteiger partial charge is 0.323 e. The molecule has 0 fully saturated rings. The molecular weight excluding hydrogens is 442 g/mol. The number of carbonyl (C=O) groups excluding carboxylic acids is 2. The molecule has 0 radical (unpaired) electrons. The summed E-state index contributed by atoms with van der Waals surface area (Å²) < 4.78 is 2.86. The minimum absolute atomic E-state index is 0.0617. The van der Waals surface area contributed by atoms with Crippen molar-refractivity contribution in [1.82, 2.24) is 20.7 Å². The number of carboxylic acids is 1. The van der Waals surface area contributed by atoms with Crippen molar-refractivity contribution in [3.8, 4) is 0 Å². The second-order valence-electron chi connectivity index (χ2n) is 7.39. The molecule has 33 heavy (non-hydrogen) atoms. The number of hydrogen-bond acceptors (Lipinski definition) is 7. The molecule has 0 saturated heterocycles. The lowest BCUT2D eigenvalue weighted by Gasteiger charge is -2.15. The molecule has 174 valence electrons. The Morgan fingerprint density at radius 2 is 1.85 bits per heavy atom. The summed E-state index contributed by atoms with van der Waals surface area (Å²) in [5.41, 5.74) is 1.34. The topological polar surface area (TPSA) is 132 Å². The van der Waals surface area contributed by atoms with Crippen LogP contribution >= 0.6 is 11.9 Å². The van der Waals surface area contributed by atoms with Crippen LogP contribution in [0, 0.1) is 0 Å². The first-order valence-corrected chi connectivity index (χ1v) is 11.5. The molecule has 3 rings (SSSR count). The number of nitrogens with one attached hydrogen (secondary N) is 4. The molecule has 2 aromatic carbocycles. The van der Waals surface area contributed by atoms with E-state index in [9.17, 15) is 19.5 Å². The van der Waals surface area contributed by atoms with Crippen LogP contribution < -0.4 is 20.7 Å². The number of amides is 2. The van der Waals surface area contributed by atoms with Crippen molar-refractivity contribution in [1.29, 1.82) is 0 Å². The van der Waals surface area contributed by atoms with E-state index in [2.05, 4.69) is 25.7 Å². The van der Waals surface area contributed by atoms with E-state index >= 15 is 0 Å². The van der Waals surface area contributed by atoms with E-state index in [0.29, 0.717) is 30.9 Å². The second kappa shape index (κ2) is 12.6. The van der Waals surface area contributed by atoms with Gasteiger partial charge in [0.15, 0.2) is 5.96 Å². The van der Waals surface area contributed by atoms with Gasteiger partial charge < -0.3 is 15.7 Å². The Bertz CT molecular complexity index is 982. The van der Waals surface area contributed by atoms with Crippen molar-refractivity contribution in [2.45, 2.75) is 30.2 Å². The molecule has 5 N–H and O–H groups in total. The van der Waals surface area contributed by atoms with Crippen molar-refractivity contribution in [2.24, 2.45) is 4.99 Å². The molecule has 0 spiro atoms. The molecule has 9 nitrogen and oxygen atoms in total. The molecule has 0 aromatic heterocycles. The van der Waals surface area contributed by atoms with Gasteiger partial charge in [-0.05, 0) is 54.6 Å². The van der Waals surface area contributed by atoms with E-state index in [1.54, 1.807) is 24.3 Å². The maximum atomic E-state index is 12.4. The van der Waals surface area contributed by atoms with E-state index in [-0.39, 0.29) is 18.4 Å². The van der Waals surface area contributed by atoms with Gasteiger partial charge in [-0.1, -0.05) is 30.3 Å². The summed E-state index contributed by atoms with van der Waals surface area (Å²) in [6.07, 6.45) is 1.79. The normalized spacial score (nSPS) is 13.9. The van der Waals surface area contributed by atoms with Gasteiger partial charge in [-0.25, -0.2) is 4.72 Å². The molecular formula is C23H27N5O4S. The molecule has 1 aliphatic heterocycles. The predicted octanol–water partition coefficient (Wildman–Crippen LogP) is 1.56. The van der Waals surface area contributed by atoms with Crippen LogP contribution in [0.3, 0.4) is 0 Å². The largest absolute Gasteiger partial charge is 0.480 e. The van der Waals surface area contributed by atoms with Crippen molar-refractivity contribution in [3.05, 3.63) is 65.7 Å². The summed E-state index contributed by atoms with van der Waals surface area (Å²) in [7, 11) is 0. The van der Waals surface area contributed by atoms with Crippen molar-refractivity contribution in [2.75, 3.05) is 19.6 Å². The van der Waals surface area contributed by atoms with Gasteiger partial charge in [0.1, 0.15) is 6.04 Å². The van der Waals surface area contributed by atoms with Gasteiger partial charge in [-0.2, -0.15) is 0 Å². The molecule has 2 aromatic rings. The quantitative estimate of drug-likeness (QED) is 0.334. The summed E-state index contributed by atoms with van der Waals surface area (Å²) in [5.74, 6) is -1.01. The lowest BCUT2D eigenvalue weighted by molar-refractivity contribution is -0.138. The van der Waals surface area contributed by atoms with Crippen LogP contribution in [0.1, 0.15) is 28.8 Å². The first kappa shape index (κ1) is 24.3. The molecule has 1 unspecified atom stereocenters. The van der Waals surface area contributed by atoms with Crippen LogP contribution in [0.4, 0.5) is 0 Å². The Balaban J connectivity index is 1.43. The number of rotatable bonds is 10. The highest BCUT2D eigenvalue weighted by Gasteiger charge is 2.19. The van der Waals surface area contributed by atoms with Gasteiger partial charge in [0.25, 0.3) is 5.91 Å². The fourth-order valence-corrected chi connectivity index (χ4v) is 3.75. The minimum atomic E-state index is -1.05. The van der Waals surface area contributed by atoms with Gasteiger partial charge in [0.05, 0.1) is 0 Å². The SMILES string of the molecule is O=C(CCc1ccc(C(=O)NCC(NSc2ccccc2)C(=O)O)cc1)NC1=NCCCN1. The molecule has 1 aliphatic rings. The molecule has 1 heterocycles. The number of aryl methyl sites for hydroxylation is 1. The molecule has 0 aliphatic carbocycles. The van der Waals surface area contributed by atoms with Crippen molar-refractivity contribution in [3.63, 3.8) is 0 Å². The number of aliphatic carboxylic acids is 1. The highest BCUT2D eigenvalue weighted by atomic mass is 32.2. The number of aliphatic imine (C=N–C) groups is 1. The van der Waals surface area contributed by atoms with Gasteiger partial charge in [-0.15, -0.1) is 0 Å². The summed E-state index contributed by atoms with van der Waals surface area (Å²) in [4.78, 5) is 41.1. The first-order chi connectivity index (χ1) is 16.0. The molecule has 2 amide bonds. The third kappa shape index (κ3) is 8.24. The number of hydrogen-bond donors (Lipinski definition) is 5. The third-order valence-corrected chi connectivity index (χ3v) is 5.75. The lowest BCUT2D eigenvalue weighted by atomic mass is 10.1. The predicted molar refractivity (Wildman–Crippen MR) is 127 cm³/mol. The standard InChI is InChI=1S/C23H27N5O4S/c29-20(27-23-24-13-4-14-25-23)12-9-16-7-10-17(11-8-16)21(30)26-15-19(22(31)32)28-33-18-5-2-1-3-6-18/h1-3,5-8,10-11,19,28H,4,9,12-15H2,(H,26,30)(H,31,32)(H2,24,25,27,29). The zero-order valence-corrected chi connectivity index (χ0v) is 18.9. The number of carbonyl (C=O) groups is 3. The van der Waals surface area contributed by atoms with Gasteiger partial charge >= 0.3 is 5.97 Å². The Morgan fingerprint density at radius 1 is 1.09 bits per heavy atom. The Kier molecular flexibility index (Phi) is 9.28. The fourth-order valence-electron chi connectivity index (χ4n) is 3.00. The van der Waals surface area contributed by atoms with Crippen LogP contribution in [0.25, 0.3) is 0 Å². The molecule has 0 saturated carbocycles. The summed E-state index contributed by atoms with van der Waals surface area (Å²) >= 11 is 1.20. The Hall–Kier alpha value is -3.37. The van der Waals surface area contributed by atoms with E-state index in [1.807, 2.05) is 30.3 Å². The third-order valence-electron chi connectivity index (χ3n) is 4.84. The van der Waals surface area contributed by atoms with E-state index in [4.69, 9.17) is 0 Å². The average Bonchev–Trinajstić information content (AvgIpc) is 2.84. The minimum Gasteiger partial charge on any atom is -0.480 e. The lowest BCUT2D eigenvalue weighted by Crippen LogP contribution is -2.43. The Morgan fingerprint density at radius 3 is 2.52 bits per heavy atom. The average molecular weight is 470 g/mol. The van der Waals surface area contributed by atoms with Crippen molar-refractivity contribution < 1.29 is 19.5 Å². The zero-order chi connectivity index (χ0) is 23.5. The maximum absolute atomic E-state index is 12.4. The first-order valence-electron chi connectivity index (χ1n) is 10.7. The second-order valence-corrected chi connectivity index (χ2v) is 8.30. The van der Waals surface area contributed by atoms with Gasteiger partial charge in [0.2, 0.25) is 5.91 Å². The number of carboxylic acid groups (broad SMARTS) is 1. The van der Waals surface area contributed by atoms with Crippen LogP contribution in [-0.4, -0.2) is 54.5 Å². The van der Waals surface area contributed by atoms with Gasteiger partial charge in [0, 0.05) is 36.5 Å². The molecule has 10 heteroatoms. The summed E-state index contributed by atoms with van der Waals surface area (Å²) in [6, 6.07) is 15.3. The molecule has 1 atom stereocenters. The number of nitrogens with zero attached hydrogens (tertiary/aromatic N) is 1. The number of guanidine groups is 1. The zero-order valence-electron chi connectivity index (χ0n) is 18.0.